The van der Waals surface area contributed by atoms with Gasteiger partial charge in [-0.2, -0.15) is 4.98 Å². The van der Waals surface area contributed by atoms with Gasteiger partial charge in [0, 0.05) is 0 Å². The number of imide groups is 1. The summed E-state index contributed by atoms with van der Waals surface area (Å²) >= 11 is 0. The van der Waals surface area contributed by atoms with Gasteiger partial charge in [0.2, 0.25) is 11.7 Å². The smallest absolute Gasteiger partial charge is 0.325 e. The van der Waals surface area contributed by atoms with Crippen molar-refractivity contribution in [1.29, 1.82) is 0 Å². The van der Waals surface area contributed by atoms with E-state index in [4.69, 9.17) is 8.94 Å². The number of aromatic nitrogens is 2. The van der Waals surface area contributed by atoms with Crippen LogP contribution in [0.2, 0.25) is 0 Å². The number of amides is 3. The van der Waals surface area contributed by atoms with Crippen molar-refractivity contribution in [2.45, 2.75) is 45.2 Å². The lowest BCUT2D eigenvalue weighted by Crippen LogP contribution is -2.58. The summed E-state index contributed by atoms with van der Waals surface area (Å²) in [6, 6.07) is 3.03. The minimum atomic E-state index is -0.820. The predicted molar refractivity (Wildman–Crippen MR) is 86.0 cm³/mol. The van der Waals surface area contributed by atoms with Gasteiger partial charge in [0.1, 0.15) is 12.1 Å². The van der Waals surface area contributed by atoms with Crippen LogP contribution >= 0.6 is 0 Å². The number of carbonyl (C=O) groups is 2. The molecule has 0 radical (unpaired) electrons. The Labute approximate surface area is 144 Å². The Hall–Kier alpha value is -2.64. The van der Waals surface area contributed by atoms with Gasteiger partial charge < -0.3 is 14.3 Å². The van der Waals surface area contributed by atoms with Gasteiger partial charge in [0.25, 0.3) is 5.91 Å². The molecule has 1 aliphatic carbocycles. The summed E-state index contributed by atoms with van der Waals surface area (Å²) in [6.07, 6.45) is 4.43. The molecule has 8 heteroatoms. The Kier molecular flexibility index (Phi) is 3.63. The van der Waals surface area contributed by atoms with E-state index in [1.54, 1.807) is 12.1 Å². The maximum atomic E-state index is 13.1. The minimum Gasteiger partial charge on any atom is -0.461 e. The van der Waals surface area contributed by atoms with Crippen LogP contribution in [0.5, 0.6) is 0 Å². The fraction of sp³-hybridized carbons (Fsp3) is 0.529. The molecule has 3 amide bonds. The summed E-state index contributed by atoms with van der Waals surface area (Å²) in [6.45, 7) is 4.01. The Morgan fingerprint density at radius 3 is 2.76 bits per heavy atom. The van der Waals surface area contributed by atoms with E-state index in [2.05, 4.69) is 15.5 Å². The van der Waals surface area contributed by atoms with Gasteiger partial charge in [0.15, 0.2) is 5.76 Å². The standard InChI is InChI=1S/C17H20N4O4/c1-10-5-3-6-11(2)17(10)15(22)21(16(23)19-17)9-13-18-14(20-25-13)12-7-4-8-24-12/h4,7-8,10-11H,3,5-6,9H2,1-2H3,(H,19,23)/t10-,11-/m1/s1. The molecule has 8 nitrogen and oxygen atoms in total. The highest BCUT2D eigenvalue weighted by molar-refractivity contribution is 6.07. The normalized spacial score (nSPS) is 25.6. The van der Waals surface area contributed by atoms with Crippen molar-refractivity contribution in [3.05, 3.63) is 24.3 Å². The number of furan rings is 1. The molecule has 25 heavy (non-hydrogen) atoms. The second-order valence-electron chi connectivity index (χ2n) is 6.91. The van der Waals surface area contributed by atoms with Crippen molar-refractivity contribution in [2.75, 3.05) is 0 Å². The largest absolute Gasteiger partial charge is 0.461 e. The van der Waals surface area contributed by atoms with E-state index in [0.29, 0.717) is 11.6 Å². The summed E-state index contributed by atoms with van der Waals surface area (Å²) in [5, 5.41) is 6.79. The van der Waals surface area contributed by atoms with Gasteiger partial charge in [-0.3, -0.25) is 9.69 Å². The molecule has 4 rings (SSSR count). The summed E-state index contributed by atoms with van der Waals surface area (Å²) in [4.78, 5) is 31.0. The molecule has 3 heterocycles. The first-order valence-corrected chi connectivity index (χ1v) is 8.53. The van der Waals surface area contributed by atoms with Crippen LogP contribution < -0.4 is 5.32 Å². The van der Waals surface area contributed by atoms with Crippen LogP contribution in [0.25, 0.3) is 11.6 Å². The lowest BCUT2D eigenvalue weighted by Gasteiger charge is -2.42. The van der Waals surface area contributed by atoms with E-state index >= 15 is 0 Å². The van der Waals surface area contributed by atoms with Crippen LogP contribution in [-0.2, 0) is 11.3 Å². The van der Waals surface area contributed by atoms with E-state index in [0.717, 1.165) is 19.3 Å². The average Bonchev–Trinajstić information content (AvgIpc) is 3.29. The topological polar surface area (TPSA) is 101 Å². The number of rotatable bonds is 3. The molecule has 1 aliphatic heterocycles. The number of hydrogen-bond donors (Lipinski definition) is 1. The van der Waals surface area contributed by atoms with Gasteiger partial charge in [0.05, 0.1) is 6.26 Å². The highest BCUT2D eigenvalue weighted by Crippen LogP contribution is 2.42. The molecule has 2 aromatic heterocycles. The third-order valence-electron chi connectivity index (χ3n) is 5.49. The average molecular weight is 344 g/mol. The lowest BCUT2D eigenvalue weighted by atomic mass is 9.67. The van der Waals surface area contributed by atoms with E-state index in [1.807, 2.05) is 13.8 Å². The highest BCUT2D eigenvalue weighted by atomic mass is 16.5. The number of nitrogens with zero attached hydrogens (tertiary/aromatic N) is 3. The quantitative estimate of drug-likeness (QED) is 0.859. The molecule has 2 aliphatic rings. The summed E-state index contributed by atoms with van der Waals surface area (Å²) in [5.41, 5.74) is -0.820. The van der Waals surface area contributed by atoms with Crippen LogP contribution in [0, 0.1) is 11.8 Å². The Morgan fingerprint density at radius 1 is 1.32 bits per heavy atom. The Bertz CT molecular complexity index is 787. The van der Waals surface area contributed by atoms with Gasteiger partial charge in [-0.05, 0) is 36.8 Å². The molecule has 1 spiro atoms. The van der Waals surface area contributed by atoms with Crippen molar-refractivity contribution < 1.29 is 18.5 Å². The van der Waals surface area contributed by atoms with E-state index in [9.17, 15) is 9.59 Å². The van der Waals surface area contributed by atoms with Crippen molar-refractivity contribution in [3.8, 4) is 11.6 Å². The van der Waals surface area contributed by atoms with Crippen molar-refractivity contribution in [1.82, 2.24) is 20.4 Å². The molecule has 132 valence electrons. The second kappa shape index (κ2) is 5.72. The van der Waals surface area contributed by atoms with Gasteiger partial charge in [-0.15, -0.1) is 0 Å². The predicted octanol–water partition coefficient (Wildman–Crippen LogP) is 2.58. The van der Waals surface area contributed by atoms with Gasteiger partial charge >= 0.3 is 6.03 Å². The molecule has 0 bridgehead atoms. The first-order chi connectivity index (χ1) is 12.0. The van der Waals surface area contributed by atoms with Crippen LogP contribution in [0.3, 0.4) is 0 Å². The SMILES string of the molecule is C[C@@H]1CCC[C@@H](C)C12NC(=O)N(Cc1nc(-c3ccco3)no1)C2=O. The summed E-state index contributed by atoms with van der Waals surface area (Å²) in [7, 11) is 0. The lowest BCUT2D eigenvalue weighted by molar-refractivity contribution is -0.137. The highest BCUT2D eigenvalue weighted by Gasteiger charge is 2.58. The Balaban J connectivity index is 1.57. The fourth-order valence-electron chi connectivity index (χ4n) is 4.06. The molecular formula is C17H20N4O4. The molecule has 2 fully saturated rings. The van der Waals surface area contributed by atoms with Crippen LogP contribution in [0.1, 0.15) is 39.0 Å². The molecule has 1 saturated heterocycles. The first-order valence-electron chi connectivity index (χ1n) is 8.53. The molecule has 1 saturated carbocycles. The number of carbonyl (C=O) groups excluding carboxylic acids is 2. The van der Waals surface area contributed by atoms with Crippen LogP contribution in [0.4, 0.5) is 4.79 Å². The molecule has 0 unspecified atom stereocenters. The summed E-state index contributed by atoms with van der Waals surface area (Å²) < 4.78 is 10.4. The van der Waals surface area contributed by atoms with Crippen LogP contribution in [0.15, 0.2) is 27.3 Å². The van der Waals surface area contributed by atoms with Crippen molar-refractivity contribution in [3.63, 3.8) is 0 Å². The molecule has 2 atom stereocenters. The fourth-order valence-corrected chi connectivity index (χ4v) is 4.06. The van der Waals surface area contributed by atoms with E-state index < -0.39 is 11.6 Å². The zero-order valence-corrected chi connectivity index (χ0v) is 14.2. The van der Waals surface area contributed by atoms with E-state index in [-0.39, 0.29) is 30.2 Å². The summed E-state index contributed by atoms with van der Waals surface area (Å²) in [5.74, 6) is 0.954. The molecular weight excluding hydrogens is 324 g/mol. The second-order valence-corrected chi connectivity index (χ2v) is 6.91. The molecule has 2 aromatic rings. The van der Waals surface area contributed by atoms with E-state index in [1.165, 1.54) is 11.2 Å². The van der Waals surface area contributed by atoms with Gasteiger partial charge in [-0.1, -0.05) is 25.4 Å². The zero-order chi connectivity index (χ0) is 17.6. The van der Waals surface area contributed by atoms with Crippen molar-refractivity contribution >= 4 is 11.9 Å². The monoisotopic (exact) mass is 344 g/mol. The maximum Gasteiger partial charge on any atom is 0.325 e. The Morgan fingerprint density at radius 2 is 2.08 bits per heavy atom. The first kappa shape index (κ1) is 15.9. The molecule has 1 N–H and O–H groups in total. The number of nitrogens with one attached hydrogen (secondary N) is 1. The van der Waals surface area contributed by atoms with Crippen LogP contribution in [-0.4, -0.2) is 32.5 Å². The molecule has 0 aromatic carbocycles. The number of urea groups is 1. The minimum absolute atomic E-state index is 0.0421. The maximum absolute atomic E-state index is 13.1. The van der Waals surface area contributed by atoms with Crippen molar-refractivity contribution in [2.24, 2.45) is 11.8 Å². The third kappa shape index (κ3) is 2.35. The third-order valence-corrected chi connectivity index (χ3v) is 5.49. The van der Waals surface area contributed by atoms with Gasteiger partial charge in [-0.25, -0.2) is 4.79 Å². The zero-order valence-electron chi connectivity index (χ0n) is 14.2. The number of hydrogen-bond acceptors (Lipinski definition) is 6.